The first kappa shape index (κ1) is 19.9. The highest BCUT2D eigenvalue weighted by Crippen LogP contribution is 2.26. The van der Waals surface area contributed by atoms with Gasteiger partial charge in [-0.2, -0.15) is 5.10 Å². The van der Waals surface area contributed by atoms with Gasteiger partial charge >= 0.3 is 0 Å². The number of hydrazone groups is 1. The van der Waals surface area contributed by atoms with Gasteiger partial charge in [-0.15, -0.1) is 0 Å². The number of hydrogen-bond donors (Lipinski definition) is 2. The van der Waals surface area contributed by atoms with Crippen LogP contribution in [-0.4, -0.2) is 53.5 Å². The minimum absolute atomic E-state index is 0.540. The van der Waals surface area contributed by atoms with Gasteiger partial charge in [0.05, 0.1) is 17.3 Å². The Hall–Kier alpha value is -2.42. The maximum Gasteiger partial charge on any atom is 0.189 e. The lowest BCUT2D eigenvalue weighted by Crippen LogP contribution is -2.51. The Bertz CT molecular complexity index is 929. The third-order valence-corrected chi connectivity index (χ3v) is 5.65. The van der Waals surface area contributed by atoms with E-state index in [0.717, 1.165) is 31.9 Å². The van der Waals surface area contributed by atoms with Crippen LogP contribution in [0.1, 0.15) is 17.7 Å². The van der Waals surface area contributed by atoms with Gasteiger partial charge in [0, 0.05) is 57.1 Å². The first-order chi connectivity index (χ1) is 14.2. The third-order valence-electron chi connectivity index (χ3n) is 5.09. The van der Waals surface area contributed by atoms with E-state index in [4.69, 9.17) is 34.3 Å². The van der Waals surface area contributed by atoms with Crippen LogP contribution in [0.15, 0.2) is 41.6 Å². The highest BCUT2D eigenvalue weighted by atomic mass is 35.5. The molecule has 9 heteroatoms. The predicted molar refractivity (Wildman–Crippen MR) is 120 cm³/mol. The van der Waals surface area contributed by atoms with Gasteiger partial charge in [-0.1, -0.05) is 29.8 Å². The topological polar surface area (TPSA) is 79.0 Å². The van der Waals surface area contributed by atoms with Gasteiger partial charge < -0.3 is 20.3 Å². The molecule has 3 N–H and O–H groups in total. The summed E-state index contributed by atoms with van der Waals surface area (Å²) in [6, 6.07) is 10.0. The van der Waals surface area contributed by atoms with Gasteiger partial charge in [-0.05, 0) is 23.8 Å². The molecule has 0 radical (unpaired) electrons. The number of benzene rings is 1. The van der Waals surface area contributed by atoms with Crippen LogP contribution in [-0.2, 0) is 6.54 Å². The second-order valence-electron chi connectivity index (χ2n) is 6.88. The van der Waals surface area contributed by atoms with Crippen LogP contribution in [0, 0.1) is 0 Å². The number of anilines is 1. The van der Waals surface area contributed by atoms with Crippen molar-refractivity contribution in [1.29, 1.82) is 0 Å². The van der Waals surface area contributed by atoms with Crippen LogP contribution in [0.3, 0.4) is 0 Å². The fourth-order valence-corrected chi connectivity index (χ4v) is 3.94. The number of thiocarbonyl (C=S) groups is 1. The van der Waals surface area contributed by atoms with Crippen molar-refractivity contribution in [3.63, 3.8) is 0 Å². The van der Waals surface area contributed by atoms with Gasteiger partial charge in [0.2, 0.25) is 0 Å². The predicted octanol–water partition coefficient (Wildman–Crippen LogP) is 2.38. The van der Waals surface area contributed by atoms with Crippen molar-refractivity contribution in [2.24, 2.45) is 10.8 Å². The largest absolute Gasteiger partial charge is 0.491 e. The second kappa shape index (κ2) is 8.94. The Morgan fingerprint density at radius 2 is 2.07 bits per heavy atom. The number of halogens is 1. The molecule has 1 saturated heterocycles. The molecule has 0 saturated carbocycles. The van der Waals surface area contributed by atoms with E-state index < -0.39 is 0 Å². The lowest BCUT2D eigenvalue weighted by atomic mass is 10.1. The maximum atomic E-state index is 5.99. The average molecular weight is 431 g/mol. The summed E-state index contributed by atoms with van der Waals surface area (Å²) in [4.78, 5) is 8.84. The van der Waals surface area contributed by atoms with Gasteiger partial charge in [0.15, 0.2) is 5.11 Å². The molecule has 0 aliphatic carbocycles. The zero-order valence-electron chi connectivity index (χ0n) is 16.0. The number of ether oxygens (including phenoxy) is 1. The van der Waals surface area contributed by atoms with Crippen LogP contribution in [0.4, 0.5) is 5.69 Å². The minimum atomic E-state index is 0.540. The van der Waals surface area contributed by atoms with Crippen molar-refractivity contribution in [3.8, 4) is 5.75 Å². The Morgan fingerprint density at radius 1 is 1.28 bits per heavy atom. The first-order valence-corrected chi connectivity index (χ1v) is 10.4. The molecule has 7 nitrogen and oxygen atoms in total. The number of aromatic nitrogens is 1. The molecular formula is C20H23ClN6OS. The quantitative estimate of drug-likeness (QED) is 0.571. The van der Waals surface area contributed by atoms with E-state index in [1.165, 1.54) is 11.3 Å². The van der Waals surface area contributed by atoms with Crippen molar-refractivity contribution in [2.75, 3.05) is 37.7 Å². The molecule has 2 aliphatic rings. The van der Waals surface area contributed by atoms with Gasteiger partial charge in [-0.25, -0.2) is 4.98 Å². The Kier molecular flexibility index (Phi) is 6.13. The van der Waals surface area contributed by atoms with Crippen molar-refractivity contribution in [1.82, 2.24) is 15.3 Å². The lowest BCUT2D eigenvalue weighted by molar-refractivity contribution is 0.318. The van der Waals surface area contributed by atoms with E-state index in [1.807, 2.05) is 6.07 Å². The first-order valence-electron chi connectivity index (χ1n) is 9.59. The van der Waals surface area contributed by atoms with Gasteiger partial charge in [0.25, 0.3) is 0 Å². The molecule has 152 valence electrons. The molecule has 1 aromatic carbocycles. The number of nitrogens with two attached hydrogens (primary N) is 1. The Labute approximate surface area is 180 Å². The molecule has 4 rings (SSSR count). The van der Waals surface area contributed by atoms with Crippen LogP contribution >= 0.6 is 23.8 Å². The standard InChI is InChI=1S/C20H23ClN6OS/c21-15-11-18-19(23-13-15)16(5-10-28-18)24-25-20(29)27-8-6-26(7-9-27)17-4-2-1-3-14(17)12-22/h1-4,11,13H,5-10,12,22H2,(H,25,29)/b24-16-. The van der Waals surface area contributed by atoms with Crippen LogP contribution in [0.25, 0.3) is 0 Å². The van der Waals surface area contributed by atoms with E-state index in [2.05, 4.69) is 43.5 Å². The number of nitrogens with one attached hydrogen (secondary N) is 1. The average Bonchev–Trinajstić information content (AvgIpc) is 2.77. The van der Waals surface area contributed by atoms with Crippen LogP contribution in [0.5, 0.6) is 5.75 Å². The van der Waals surface area contributed by atoms with E-state index in [9.17, 15) is 0 Å². The molecular weight excluding hydrogens is 408 g/mol. The lowest BCUT2D eigenvalue weighted by Gasteiger charge is -2.37. The molecule has 1 fully saturated rings. The van der Waals surface area contributed by atoms with Crippen molar-refractivity contribution < 1.29 is 4.74 Å². The number of hydrogen-bond acceptors (Lipinski definition) is 6. The third kappa shape index (κ3) is 4.44. The van der Waals surface area contributed by atoms with E-state index in [1.54, 1.807) is 12.3 Å². The smallest absolute Gasteiger partial charge is 0.189 e. The number of para-hydroxylation sites is 1. The Morgan fingerprint density at radius 3 is 2.86 bits per heavy atom. The summed E-state index contributed by atoms with van der Waals surface area (Å²) in [5, 5.41) is 5.66. The normalized spacial score (nSPS) is 17.7. The summed E-state index contributed by atoms with van der Waals surface area (Å²) in [7, 11) is 0. The van der Waals surface area contributed by atoms with Crippen LogP contribution in [0.2, 0.25) is 5.02 Å². The molecule has 0 unspecified atom stereocenters. The summed E-state index contributed by atoms with van der Waals surface area (Å²) >= 11 is 11.6. The number of piperazine rings is 1. The zero-order chi connectivity index (χ0) is 20.2. The molecule has 0 spiro atoms. The fraction of sp³-hybridized carbons (Fsp3) is 0.350. The minimum Gasteiger partial charge on any atom is -0.491 e. The highest BCUT2D eigenvalue weighted by Gasteiger charge is 2.22. The highest BCUT2D eigenvalue weighted by molar-refractivity contribution is 7.80. The summed E-state index contributed by atoms with van der Waals surface area (Å²) in [6.45, 7) is 4.49. The molecule has 0 atom stereocenters. The molecule has 29 heavy (non-hydrogen) atoms. The molecule has 0 bridgehead atoms. The summed E-state index contributed by atoms with van der Waals surface area (Å²) in [6.07, 6.45) is 2.27. The van der Waals surface area contributed by atoms with Crippen LogP contribution < -0.4 is 20.8 Å². The molecule has 2 aliphatic heterocycles. The van der Waals surface area contributed by atoms with Crippen molar-refractivity contribution in [2.45, 2.75) is 13.0 Å². The molecule has 3 heterocycles. The molecule has 1 aromatic heterocycles. The number of pyridine rings is 1. The van der Waals surface area contributed by atoms with E-state index >= 15 is 0 Å². The molecule has 2 aromatic rings. The van der Waals surface area contributed by atoms with E-state index in [-0.39, 0.29) is 0 Å². The van der Waals surface area contributed by atoms with Gasteiger partial charge in [0.1, 0.15) is 11.4 Å². The van der Waals surface area contributed by atoms with Gasteiger partial charge in [-0.3, -0.25) is 5.43 Å². The van der Waals surface area contributed by atoms with E-state index in [0.29, 0.717) is 41.2 Å². The Balaban J connectivity index is 1.37. The number of fused-ring (bicyclic) bond motifs is 1. The SMILES string of the molecule is NCc1ccccc1N1CCN(C(=S)N/N=C2/CCOc3cc(Cl)cnc32)CC1. The monoisotopic (exact) mass is 430 g/mol. The second-order valence-corrected chi connectivity index (χ2v) is 7.70. The number of nitrogens with zero attached hydrogens (tertiary/aromatic N) is 4. The number of rotatable bonds is 3. The summed E-state index contributed by atoms with van der Waals surface area (Å²) in [5.41, 5.74) is 12.8. The van der Waals surface area contributed by atoms with Crippen molar-refractivity contribution >= 4 is 40.3 Å². The van der Waals surface area contributed by atoms with Crippen molar-refractivity contribution in [3.05, 3.63) is 52.8 Å². The maximum absolute atomic E-state index is 5.99. The summed E-state index contributed by atoms with van der Waals surface area (Å²) < 4.78 is 5.62. The fourth-order valence-electron chi connectivity index (χ4n) is 3.56. The zero-order valence-corrected chi connectivity index (χ0v) is 17.5. The summed E-state index contributed by atoms with van der Waals surface area (Å²) in [5.74, 6) is 0.655. The molecule has 0 amide bonds.